The maximum Gasteiger partial charge on any atom is 0.410 e. The number of amides is 2. The highest BCUT2D eigenvalue weighted by atomic mass is 16.6. The molecule has 6 nitrogen and oxygen atoms in total. The predicted molar refractivity (Wildman–Crippen MR) is 101 cm³/mol. The van der Waals surface area contributed by atoms with E-state index in [1.165, 1.54) is 4.90 Å². The molecule has 1 aliphatic rings. The lowest BCUT2D eigenvalue weighted by Crippen LogP contribution is -2.40. The Morgan fingerprint density at radius 3 is 2.30 bits per heavy atom. The Labute approximate surface area is 159 Å². The highest BCUT2D eigenvalue weighted by molar-refractivity contribution is 5.83. The maximum absolute atomic E-state index is 12.5. The highest BCUT2D eigenvalue weighted by Crippen LogP contribution is 2.10. The number of carbonyl (C=O) groups is 2. The highest BCUT2D eigenvalue weighted by Gasteiger charge is 2.30. The number of nitrogens with zero attached hydrogens (tertiary/aromatic N) is 2. The second-order valence-electron chi connectivity index (χ2n) is 6.65. The SMILES string of the molecule is O=C1CN(C(=O)OCc2ccccc2)CC(O)CN1CCc1ccccc1. The average molecular weight is 368 g/mol. The average Bonchev–Trinajstić information content (AvgIpc) is 2.84. The first-order chi connectivity index (χ1) is 13.1. The number of β-amino-alcohol motifs (C(OH)–C–C–N with tert-alkyl or cyclic N) is 1. The molecule has 1 heterocycles. The van der Waals surface area contributed by atoms with Crippen molar-refractivity contribution in [2.45, 2.75) is 19.1 Å². The van der Waals surface area contributed by atoms with Gasteiger partial charge in [-0.1, -0.05) is 60.7 Å². The molecule has 2 aromatic carbocycles. The van der Waals surface area contributed by atoms with Crippen LogP contribution in [-0.2, 0) is 22.6 Å². The topological polar surface area (TPSA) is 70.1 Å². The van der Waals surface area contributed by atoms with Gasteiger partial charge in [-0.2, -0.15) is 0 Å². The number of hydrogen-bond donors (Lipinski definition) is 1. The number of rotatable bonds is 5. The quantitative estimate of drug-likeness (QED) is 0.877. The lowest BCUT2D eigenvalue weighted by Gasteiger charge is -2.21. The Balaban J connectivity index is 1.54. The summed E-state index contributed by atoms with van der Waals surface area (Å²) in [5.41, 5.74) is 2.00. The number of aliphatic hydroxyl groups excluding tert-OH is 1. The zero-order chi connectivity index (χ0) is 19.1. The minimum absolute atomic E-state index is 0.0839. The van der Waals surface area contributed by atoms with Crippen LogP contribution in [0.15, 0.2) is 60.7 Å². The van der Waals surface area contributed by atoms with Gasteiger partial charge in [0.2, 0.25) is 5.91 Å². The van der Waals surface area contributed by atoms with Crippen LogP contribution < -0.4 is 0 Å². The van der Waals surface area contributed by atoms with E-state index in [0.717, 1.165) is 11.1 Å². The van der Waals surface area contributed by atoms with Crippen molar-refractivity contribution in [3.63, 3.8) is 0 Å². The van der Waals surface area contributed by atoms with Crippen molar-refractivity contribution in [1.29, 1.82) is 0 Å². The largest absolute Gasteiger partial charge is 0.445 e. The summed E-state index contributed by atoms with van der Waals surface area (Å²) in [7, 11) is 0. The zero-order valence-electron chi connectivity index (χ0n) is 15.2. The van der Waals surface area contributed by atoms with Gasteiger partial charge in [-0.3, -0.25) is 9.69 Å². The third-order valence-electron chi connectivity index (χ3n) is 4.52. The fraction of sp³-hybridized carbons (Fsp3) is 0.333. The van der Waals surface area contributed by atoms with Crippen molar-refractivity contribution in [2.75, 3.05) is 26.2 Å². The predicted octanol–water partition coefficient (Wildman–Crippen LogP) is 2.07. The summed E-state index contributed by atoms with van der Waals surface area (Å²) in [5.74, 6) is -0.181. The summed E-state index contributed by atoms with van der Waals surface area (Å²) in [4.78, 5) is 27.7. The lowest BCUT2D eigenvalue weighted by molar-refractivity contribution is -0.131. The van der Waals surface area contributed by atoms with Gasteiger partial charge in [0.25, 0.3) is 0 Å². The molecule has 3 rings (SSSR count). The molecule has 0 saturated carbocycles. The summed E-state index contributed by atoms with van der Waals surface area (Å²) < 4.78 is 5.29. The number of aliphatic hydroxyl groups is 1. The first-order valence-corrected chi connectivity index (χ1v) is 9.07. The third kappa shape index (κ3) is 5.56. The number of ether oxygens (including phenoxy) is 1. The summed E-state index contributed by atoms with van der Waals surface area (Å²) in [5, 5.41) is 10.2. The molecule has 0 aromatic heterocycles. The van der Waals surface area contributed by atoms with Crippen LogP contribution in [0, 0.1) is 0 Å². The Morgan fingerprint density at radius 1 is 1.00 bits per heavy atom. The van der Waals surface area contributed by atoms with Crippen LogP contribution in [0.2, 0.25) is 0 Å². The first kappa shape index (κ1) is 18.9. The number of carbonyl (C=O) groups excluding carboxylic acids is 2. The van der Waals surface area contributed by atoms with Gasteiger partial charge >= 0.3 is 6.09 Å². The molecule has 1 unspecified atom stereocenters. The molecular weight excluding hydrogens is 344 g/mol. The molecule has 1 aliphatic heterocycles. The lowest BCUT2D eigenvalue weighted by atomic mass is 10.1. The molecule has 0 bridgehead atoms. The molecule has 2 amide bonds. The zero-order valence-corrected chi connectivity index (χ0v) is 15.2. The molecule has 1 atom stereocenters. The van der Waals surface area contributed by atoms with Crippen LogP contribution in [-0.4, -0.2) is 59.2 Å². The molecule has 0 spiro atoms. The smallest absolute Gasteiger partial charge is 0.410 e. The molecule has 2 aromatic rings. The van der Waals surface area contributed by atoms with Gasteiger partial charge in [0, 0.05) is 13.1 Å². The van der Waals surface area contributed by atoms with Crippen LogP contribution in [0.4, 0.5) is 4.79 Å². The van der Waals surface area contributed by atoms with Crippen molar-refractivity contribution in [3.8, 4) is 0 Å². The van der Waals surface area contributed by atoms with E-state index in [2.05, 4.69) is 0 Å². The van der Waals surface area contributed by atoms with E-state index in [9.17, 15) is 14.7 Å². The molecular formula is C21H24N2O4. The molecule has 0 aliphatic carbocycles. The molecule has 1 N–H and O–H groups in total. The van der Waals surface area contributed by atoms with Gasteiger partial charge in [0.05, 0.1) is 12.6 Å². The van der Waals surface area contributed by atoms with Crippen molar-refractivity contribution in [3.05, 3.63) is 71.8 Å². The van der Waals surface area contributed by atoms with Crippen LogP contribution in [0.1, 0.15) is 11.1 Å². The van der Waals surface area contributed by atoms with E-state index in [1.54, 1.807) is 4.90 Å². The standard InChI is InChI=1S/C21H24N2O4/c24-19-13-22(12-11-17-7-3-1-4-8-17)20(25)15-23(14-19)21(26)27-16-18-9-5-2-6-10-18/h1-10,19,24H,11-16H2. The van der Waals surface area contributed by atoms with Crippen LogP contribution in [0.3, 0.4) is 0 Å². The van der Waals surface area contributed by atoms with Crippen LogP contribution in [0.25, 0.3) is 0 Å². The number of hydrogen-bond acceptors (Lipinski definition) is 4. The molecule has 27 heavy (non-hydrogen) atoms. The first-order valence-electron chi connectivity index (χ1n) is 9.07. The second-order valence-corrected chi connectivity index (χ2v) is 6.65. The van der Waals surface area contributed by atoms with Gasteiger partial charge in [0.15, 0.2) is 0 Å². The fourth-order valence-corrected chi connectivity index (χ4v) is 3.07. The molecule has 0 radical (unpaired) electrons. The molecule has 142 valence electrons. The van der Waals surface area contributed by atoms with E-state index in [4.69, 9.17) is 4.74 Å². The summed E-state index contributed by atoms with van der Waals surface area (Å²) in [6, 6.07) is 19.2. The number of benzene rings is 2. The Hall–Kier alpha value is -2.86. The summed E-state index contributed by atoms with van der Waals surface area (Å²) >= 11 is 0. The van der Waals surface area contributed by atoms with Gasteiger partial charge in [-0.05, 0) is 17.5 Å². The van der Waals surface area contributed by atoms with Crippen molar-refractivity contribution < 1.29 is 19.4 Å². The maximum atomic E-state index is 12.5. The van der Waals surface area contributed by atoms with Crippen LogP contribution in [0.5, 0.6) is 0 Å². The minimum Gasteiger partial charge on any atom is -0.445 e. The van der Waals surface area contributed by atoms with Gasteiger partial charge in [0.1, 0.15) is 13.2 Å². The fourth-order valence-electron chi connectivity index (χ4n) is 3.07. The second kappa shape index (κ2) is 9.19. The Bertz CT molecular complexity index is 751. The van der Waals surface area contributed by atoms with E-state index >= 15 is 0 Å². The molecule has 1 saturated heterocycles. The Kier molecular flexibility index (Phi) is 6.44. The van der Waals surface area contributed by atoms with Crippen LogP contribution >= 0.6 is 0 Å². The van der Waals surface area contributed by atoms with Gasteiger partial charge < -0.3 is 14.7 Å². The van der Waals surface area contributed by atoms with E-state index in [-0.39, 0.29) is 32.1 Å². The van der Waals surface area contributed by atoms with Gasteiger partial charge in [-0.25, -0.2) is 4.79 Å². The van der Waals surface area contributed by atoms with E-state index < -0.39 is 12.2 Å². The normalized spacial score (nSPS) is 17.5. The van der Waals surface area contributed by atoms with Crippen molar-refractivity contribution in [2.24, 2.45) is 0 Å². The molecule has 1 fully saturated rings. The monoisotopic (exact) mass is 368 g/mol. The van der Waals surface area contributed by atoms with Crippen molar-refractivity contribution in [1.82, 2.24) is 9.80 Å². The van der Waals surface area contributed by atoms with E-state index in [1.807, 2.05) is 60.7 Å². The van der Waals surface area contributed by atoms with E-state index in [0.29, 0.717) is 13.0 Å². The van der Waals surface area contributed by atoms with Crippen molar-refractivity contribution >= 4 is 12.0 Å². The third-order valence-corrected chi connectivity index (χ3v) is 4.52. The summed E-state index contributed by atoms with van der Waals surface area (Å²) in [6.45, 7) is 0.861. The summed E-state index contributed by atoms with van der Waals surface area (Å²) in [6.07, 6.45) is -0.676. The van der Waals surface area contributed by atoms with Gasteiger partial charge in [-0.15, -0.1) is 0 Å². The minimum atomic E-state index is -0.795. The molecule has 6 heteroatoms. The Morgan fingerprint density at radius 2 is 1.63 bits per heavy atom.